The van der Waals surface area contributed by atoms with Gasteiger partial charge in [-0.3, -0.25) is 0 Å². The van der Waals surface area contributed by atoms with E-state index < -0.39 is 5.97 Å². The zero-order chi connectivity index (χ0) is 12.5. The highest BCUT2D eigenvalue weighted by atomic mass is 16.4. The maximum atomic E-state index is 11.4. The van der Waals surface area contributed by atoms with Crippen LogP contribution in [0.2, 0.25) is 0 Å². The van der Waals surface area contributed by atoms with Gasteiger partial charge in [-0.2, -0.15) is 0 Å². The second-order valence-electron chi connectivity index (χ2n) is 5.17. The van der Waals surface area contributed by atoms with Crippen LogP contribution < -0.4 is 0 Å². The molecule has 1 aliphatic rings. The molecular weight excluding hydrogens is 212 g/mol. The van der Waals surface area contributed by atoms with Crippen LogP contribution in [0, 0.1) is 5.92 Å². The van der Waals surface area contributed by atoms with Gasteiger partial charge in [-0.1, -0.05) is 50.3 Å². The zero-order valence-corrected chi connectivity index (χ0v) is 10.3. The standard InChI is InChI=1S/C15H18O2/c1-11-8-9-13(14(16)17)15(2,10-11)12-6-4-3-5-7-12/h3-7,9,11H,8,10H2,1-2H3,(H,16,17)/t11-,15-/m0/s1. The van der Waals surface area contributed by atoms with Crippen molar-refractivity contribution in [3.63, 3.8) is 0 Å². The molecule has 1 aliphatic carbocycles. The molecule has 0 unspecified atom stereocenters. The summed E-state index contributed by atoms with van der Waals surface area (Å²) in [5.74, 6) is -0.258. The number of rotatable bonds is 2. The number of allylic oxidation sites excluding steroid dienone is 1. The lowest BCUT2D eigenvalue weighted by Gasteiger charge is -2.37. The highest BCUT2D eigenvalue weighted by molar-refractivity contribution is 5.90. The monoisotopic (exact) mass is 230 g/mol. The first-order chi connectivity index (χ1) is 8.04. The van der Waals surface area contributed by atoms with Crippen molar-refractivity contribution in [3.8, 4) is 0 Å². The van der Waals surface area contributed by atoms with Gasteiger partial charge in [0, 0.05) is 11.0 Å². The predicted molar refractivity (Wildman–Crippen MR) is 67.9 cm³/mol. The van der Waals surface area contributed by atoms with Crippen LogP contribution in [0.4, 0.5) is 0 Å². The molecule has 0 aliphatic heterocycles. The van der Waals surface area contributed by atoms with Crippen LogP contribution in [0.25, 0.3) is 0 Å². The third-order valence-electron chi connectivity index (χ3n) is 3.72. The van der Waals surface area contributed by atoms with E-state index in [-0.39, 0.29) is 5.41 Å². The van der Waals surface area contributed by atoms with E-state index in [0.717, 1.165) is 18.4 Å². The van der Waals surface area contributed by atoms with E-state index in [0.29, 0.717) is 11.5 Å². The maximum Gasteiger partial charge on any atom is 0.332 e. The summed E-state index contributed by atoms with van der Waals surface area (Å²) in [6, 6.07) is 9.95. The van der Waals surface area contributed by atoms with Crippen molar-refractivity contribution < 1.29 is 9.90 Å². The Kier molecular flexibility index (Phi) is 3.05. The summed E-state index contributed by atoms with van der Waals surface area (Å²) in [7, 11) is 0. The van der Waals surface area contributed by atoms with Gasteiger partial charge in [-0.25, -0.2) is 4.79 Å². The molecule has 1 aromatic rings. The first kappa shape index (κ1) is 11.9. The van der Waals surface area contributed by atoms with Crippen LogP contribution in [0.5, 0.6) is 0 Å². The number of carboxylic acid groups (broad SMARTS) is 1. The van der Waals surface area contributed by atoms with Crippen molar-refractivity contribution in [2.24, 2.45) is 5.92 Å². The molecule has 0 amide bonds. The predicted octanol–water partition coefficient (Wildman–Crippen LogP) is 3.39. The van der Waals surface area contributed by atoms with Crippen LogP contribution in [0.3, 0.4) is 0 Å². The Hall–Kier alpha value is -1.57. The minimum atomic E-state index is -0.789. The van der Waals surface area contributed by atoms with E-state index >= 15 is 0 Å². The van der Waals surface area contributed by atoms with Crippen molar-refractivity contribution in [2.45, 2.75) is 32.1 Å². The van der Waals surface area contributed by atoms with Gasteiger partial charge in [0.05, 0.1) is 0 Å². The average Bonchev–Trinajstić information content (AvgIpc) is 2.29. The number of benzene rings is 1. The Balaban J connectivity index is 2.49. The Morgan fingerprint density at radius 3 is 2.59 bits per heavy atom. The number of hydrogen-bond donors (Lipinski definition) is 1. The van der Waals surface area contributed by atoms with E-state index in [4.69, 9.17) is 0 Å². The Morgan fingerprint density at radius 2 is 2.00 bits per heavy atom. The average molecular weight is 230 g/mol. The van der Waals surface area contributed by atoms with E-state index in [1.54, 1.807) is 0 Å². The zero-order valence-electron chi connectivity index (χ0n) is 10.3. The molecule has 0 bridgehead atoms. The molecule has 1 aromatic carbocycles. The summed E-state index contributed by atoms with van der Waals surface area (Å²) in [4.78, 5) is 11.4. The molecule has 17 heavy (non-hydrogen) atoms. The molecule has 2 rings (SSSR count). The van der Waals surface area contributed by atoms with Crippen LogP contribution >= 0.6 is 0 Å². The second kappa shape index (κ2) is 4.36. The summed E-state index contributed by atoms with van der Waals surface area (Å²) >= 11 is 0. The Labute approximate surface area is 102 Å². The molecule has 0 saturated heterocycles. The summed E-state index contributed by atoms with van der Waals surface area (Å²) in [6.07, 6.45) is 3.66. The van der Waals surface area contributed by atoms with E-state index in [1.165, 1.54) is 0 Å². The highest BCUT2D eigenvalue weighted by Gasteiger charge is 2.38. The van der Waals surface area contributed by atoms with E-state index in [2.05, 4.69) is 6.92 Å². The van der Waals surface area contributed by atoms with Crippen molar-refractivity contribution in [1.82, 2.24) is 0 Å². The van der Waals surface area contributed by atoms with Crippen molar-refractivity contribution in [1.29, 1.82) is 0 Å². The Bertz CT molecular complexity index is 447. The minimum absolute atomic E-state index is 0.356. The van der Waals surface area contributed by atoms with Gasteiger partial charge in [0.25, 0.3) is 0 Å². The molecule has 0 aromatic heterocycles. The quantitative estimate of drug-likeness (QED) is 0.845. The molecule has 0 spiro atoms. The van der Waals surface area contributed by atoms with Gasteiger partial charge in [0.1, 0.15) is 0 Å². The van der Waals surface area contributed by atoms with Crippen LogP contribution in [0.15, 0.2) is 42.0 Å². The van der Waals surface area contributed by atoms with Crippen molar-refractivity contribution >= 4 is 5.97 Å². The van der Waals surface area contributed by atoms with E-state index in [9.17, 15) is 9.90 Å². The molecule has 2 atom stereocenters. The summed E-state index contributed by atoms with van der Waals surface area (Å²) in [5, 5.41) is 9.35. The molecule has 2 heteroatoms. The van der Waals surface area contributed by atoms with E-state index in [1.807, 2.05) is 43.3 Å². The smallest absolute Gasteiger partial charge is 0.332 e. The van der Waals surface area contributed by atoms with Crippen LogP contribution in [0.1, 0.15) is 32.3 Å². The summed E-state index contributed by atoms with van der Waals surface area (Å²) < 4.78 is 0. The lowest BCUT2D eigenvalue weighted by molar-refractivity contribution is -0.133. The molecule has 0 fully saturated rings. The molecule has 0 radical (unpaired) electrons. The first-order valence-corrected chi connectivity index (χ1v) is 6.03. The molecule has 2 nitrogen and oxygen atoms in total. The van der Waals surface area contributed by atoms with Gasteiger partial charge >= 0.3 is 5.97 Å². The summed E-state index contributed by atoms with van der Waals surface area (Å²) in [6.45, 7) is 4.22. The van der Waals surface area contributed by atoms with Gasteiger partial charge in [-0.05, 0) is 24.3 Å². The largest absolute Gasteiger partial charge is 0.478 e. The first-order valence-electron chi connectivity index (χ1n) is 6.03. The number of carbonyl (C=O) groups is 1. The van der Waals surface area contributed by atoms with Crippen molar-refractivity contribution in [3.05, 3.63) is 47.5 Å². The van der Waals surface area contributed by atoms with Gasteiger partial charge in [-0.15, -0.1) is 0 Å². The lowest BCUT2D eigenvalue weighted by atomic mass is 9.66. The normalized spacial score (nSPS) is 28.6. The van der Waals surface area contributed by atoms with Crippen LogP contribution in [-0.2, 0) is 10.2 Å². The van der Waals surface area contributed by atoms with Gasteiger partial charge in [0.15, 0.2) is 0 Å². The third-order valence-corrected chi connectivity index (χ3v) is 3.72. The third kappa shape index (κ3) is 2.12. The Morgan fingerprint density at radius 1 is 1.35 bits per heavy atom. The molecule has 0 saturated carbocycles. The highest BCUT2D eigenvalue weighted by Crippen LogP contribution is 2.42. The molecule has 0 heterocycles. The molecular formula is C15H18O2. The van der Waals surface area contributed by atoms with Crippen LogP contribution in [-0.4, -0.2) is 11.1 Å². The fraction of sp³-hybridized carbons (Fsp3) is 0.400. The van der Waals surface area contributed by atoms with Crippen molar-refractivity contribution in [2.75, 3.05) is 0 Å². The molecule has 1 N–H and O–H groups in total. The second-order valence-corrected chi connectivity index (χ2v) is 5.17. The molecule has 90 valence electrons. The number of carboxylic acids is 1. The van der Waals surface area contributed by atoms with Gasteiger partial charge in [0.2, 0.25) is 0 Å². The number of hydrogen-bond acceptors (Lipinski definition) is 1. The van der Waals surface area contributed by atoms with Gasteiger partial charge < -0.3 is 5.11 Å². The lowest BCUT2D eigenvalue weighted by Crippen LogP contribution is -2.34. The maximum absolute atomic E-state index is 11.4. The summed E-state index contributed by atoms with van der Waals surface area (Å²) in [5.41, 5.74) is 1.28. The SMILES string of the molecule is C[C@H]1CC=C(C(=O)O)[C@](C)(c2ccccc2)C1. The fourth-order valence-corrected chi connectivity index (χ4v) is 2.84. The minimum Gasteiger partial charge on any atom is -0.478 e. The fourth-order valence-electron chi connectivity index (χ4n) is 2.84. The number of aliphatic carboxylic acids is 1. The topological polar surface area (TPSA) is 37.3 Å².